The minimum atomic E-state index is 0.329. The molecule has 0 spiro atoms. The third-order valence-corrected chi connectivity index (χ3v) is 4.15. The molecular formula is C17H21N3. The Hall–Kier alpha value is -1.74. The Kier molecular flexibility index (Phi) is 3.30. The van der Waals surface area contributed by atoms with E-state index < -0.39 is 0 Å². The third kappa shape index (κ3) is 2.34. The van der Waals surface area contributed by atoms with Crippen molar-refractivity contribution in [2.24, 2.45) is 5.73 Å². The smallest absolute Gasteiger partial charge is 0.132 e. The monoisotopic (exact) mass is 267 g/mol. The molecule has 1 heterocycles. The molecule has 3 rings (SSSR count). The summed E-state index contributed by atoms with van der Waals surface area (Å²) in [7, 11) is 0. The van der Waals surface area contributed by atoms with E-state index in [1.807, 2.05) is 12.3 Å². The van der Waals surface area contributed by atoms with Crippen LogP contribution in [0.1, 0.15) is 41.3 Å². The number of aromatic nitrogens is 2. The molecule has 1 aliphatic carbocycles. The number of hydrogen-bond donors (Lipinski definition) is 1. The van der Waals surface area contributed by atoms with Crippen LogP contribution >= 0.6 is 0 Å². The van der Waals surface area contributed by atoms with E-state index in [-0.39, 0.29) is 0 Å². The van der Waals surface area contributed by atoms with Gasteiger partial charge in [-0.25, -0.2) is 9.97 Å². The van der Waals surface area contributed by atoms with Gasteiger partial charge in [0, 0.05) is 23.7 Å². The van der Waals surface area contributed by atoms with E-state index in [4.69, 9.17) is 10.7 Å². The number of hydrogen-bond acceptors (Lipinski definition) is 3. The first-order valence-electron chi connectivity index (χ1n) is 7.21. The molecule has 2 N–H and O–H groups in total. The van der Waals surface area contributed by atoms with Crippen molar-refractivity contribution in [1.82, 2.24) is 9.97 Å². The minimum absolute atomic E-state index is 0.329. The Labute approximate surface area is 120 Å². The highest BCUT2D eigenvalue weighted by molar-refractivity contribution is 5.68. The number of nitrogens with two attached hydrogens (primary N) is 1. The van der Waals surface area contributed by atoms with Gasteiger partial charge in [0.05, 0.1) is 5.69 Å². The largest absolute Gasteiger partial charge is 0.328 e. The van der Waals surface area contributed by atoms with Crippen molar-refractivity contribution < 1.29 is 0 Å². The molecule has 0 atom stereocenters. The molecule has 2 aromatic rings. The SMILES string of the molecule is Cc1cc(C)c(-c2ccnc(C3CC(N)C3)n2)c(C)c1. The van der Waals surface area contributed by atoms with Crippen molar-refractivity contribution in [3.63, 3.8) is 0 Å². The maximum atomic E-state index is 5.86. The second kappa shape index (κ2) is 4.98. The van der Waals surface area contributed by atoms with Gasteiger partial charge in [-0.1, -0.05) is 17.7 Å². The summed E-state index contributed by atoms with van der Waals surface area (Å²) in [4.78, 5) is 9.22. The molecular weight excluding hydrogens is 246 g/mol. The van der Waals surface area contributed by atoms with Crippen LogP contribution < -0.4 is 5.73 Å². The summed E-state index contributed by atoms with van der Waals surface area (Å²) < 4.78 is 0. The van der Waals surface area contributed by atoms with Crippen LogP contribution in [0.25, 0.3) is 11.3 Å². The fourth-order valence-electron chi connectivity index (χ4n) is 3.17. The predicted octanol–water partition coefficient (Wildman–Crippen LogP) is 3.27. The topological polar surface area (TPSA) is 51.8 Å². The van der Waals surface area contributed by atoms with Gasteiger partial charge in [-0.3, -0.25) is 0 Å². The van der Waals surface area contributed by atoms with Crippen LogP contribution in [0.2, 0.25) is 0 Å². The van der Waals surface area contributed by atoms with Crippen molar-refractivity contribution in [2.75, 3.05) is 0 Å². The van der Waals surface area contributed by atoms with E-state index in [0.717, 1.165) is 24.4 Å². The zero-order valence-electron chi connectivity index (χ0n) is 12.4. The Morgan fingerprint density at radius 2 is 1.75 bits per heavy atom. The molecule has 0 bridgehead atoms. The maximum absolute atomic E-state index is 5.86. The Morgan fingerprint density at radius 3 is 2.35 bits per heavy atom. The molecule has 0 aliphatic heterocycles. The molecule has 104 valence electrons. The first-order chi connectivity index (χ1) is 9.54. The standard InChI is InChI=1S/C17H21N3/c1-10-6-11(2)16(12(3)7-10)15-4-5-19-17(20-15)13-8-14(18)9-13/h4-7,13-14H,8-9,18H2,1-3H3. The fourth-order valence-corrected chi connectivity index (χ4v) is 3.17. The second-order valence-corrected chi connectivity index (χ2v) is 6.00. The Balaban J connectivity index is 2.01. The molecule has 1 aromatic carbocycles. The molecule has 3 heteroatoms. The summed E-state index contributed by atoms with van der Waals surface area (Å²) >= 11 is 0. The van der Waals surface area contributed by atoms with Gasteiger partial charge in [0.1, 0.15) is 5.82 Å². The number of benzene rings is 1. The van der Waals surface area contributed by atoms with Gasteiger partial charge in [0.15, 0.2) is 0 Å². The van der Waals surface area contributed by atoms with E-state index in [0.29, 0.717) is 12.0 Å². The van der Waals surface area contributed by atoms with Gasteiger partial charge in [0.25, 0.3) is 0 Å². The van der Waals surface area contributed by atoms with Crippen LogP contribution in [0, 0.1) is 20.8 Å². The second-order valence-electron chi connectivity index (χ2n) is 6.00. The summed E-state index contributed by atoms with van der Waals surface area (Å²) in [6, 6.07) is 6.76. The first kappa shape index (κ1) is 13.3. The van der Waals surface area contributed by atoms with E-state index in [1.165, 1.54) is 22.3 Å². The van der Waals surface area contributed by atoms with Gasteiger partial charge >= 0.3 is 0 Å². The van der Waals surface area contributed by atoms with Crippen LogP contribution in [0.3, 0.4) is 0 Å². The highest BCUT2D eigenvalue weighted by Crippen LogP contribution is 2.35. The van der Waals surface area contributed by atoms with E-state index in [1.54, 1.807) is 0 Å². The molecule has 1 aliphatic rings. The van der Waals surface area contributed by atoms with Gasteiger partial charge in [-0.05, 0) is 50.8 Å². The molecule has 0 radical (unpaired) electrons. The van der Waals surface area contributed by atoms with Crippen LogP contribution in [-0.4, -0.2) is 16.0 Å². The maximum Gasteiger partial charge on any atom is 0.132 e. The van der Waals surface area contributed by atoms with Crippen molar-refractivity contribution >= 4 is 0 Å². The zero-order chi connectivity index (χ0) is 14.3. The summed E-state index contributed by atoms with van der Waals surface area (Å²) in [6.45, 7) is 6.43. The summed E-state index contributed by atoms with van der Waals surface area (Å²) in [6.07, 6.45) is 3.89. The van der Waals surface area contributed by atoms with Gasteiger partial charge in [0.2, 0.25) is 0 Å². The van der Waals surface area contributed by atoms with E-state index >= 15 is 0 Å². The Morgan fingerprint density at radius 1 is 1.10 bits per heavy atom. The zero-order valence-corrected chi connectivity index (χ0v) is 12.4. The lowest BCUT2D eigenvalue weighted by atomic mass is 9.80. The summed E-state index contributed by atoms with van der Waals surface area (Å²) in [5.41, 5.74) is 12.0. The molecule has 1 fully saturated rings. The van der Waals surface area contributed by atoms with Crippen molar-refractivity contribution in [2.45, 2.75) is 45.6 Å². The van der Waals surface area contributed by atoms with Gasteiger partial charge in [-0.2, -0.15) is 0 Å². The third-order valence-electron chi connectivity index (χ3n) is 4.15. The normalized spacial score (nSPS) is 21.6. The average Bonchev–Trinajstić information content (AvgIpc) is 2.34. The van der Waals surface area contributed by atoms with E-state index in [9.17, 15) is 0 Å². The number of rotatable bonds is 2. The van der Waals surface area contributed by atoms with E-state index in [2.05, 4.69) is 37.9 Å². The lowest BCUT2D eigenvalue weighted by Gasteiger charge is -2.31. The molecule has 0 amide bonds. The molecule has 3 nitrogen and oxygen atoms in total. The molecule has 0 unspecified atom stereocenters. The Bertz CT molecular complexity index is 619. The molecule has 0 saturated heterocycles. The quantitative estimate of drug-likeness (QED) is 0.908. The summed E-state index contributed by atoms with van der Waals surface area (Å²) in [5.74, 6) is 1.39. The van der Waals surface area contributed by atoms with Crippen molar-refractivity contribution in [1.29, 1.82) is 0 Å². The first-order valence-corrected chi connectivity index (χ1v) is 7.21. The van der Waals surface area contributed by atoms with Crippen LogP contribution in [0.5, 0.6) is 0 Å². The highest BCUT2D eigenvalue weighted by Gasteiger charge is 2.29. The number of nitrogens with zero attached hydrogens (tertiary/aromatic N) is 2. The van der Waals surface area contributed by atoms with Gasteiger partial charge < -0.3 is 5.73 Å². The van der Waals surface area contributed by atoms with Crippen LogP contribution in [0.15, 0.2) is 24.4 Å². The minimum Gasteiger partial charge on any atom is -0.328 e. The van der Waals surface area contributed by atoms with Crippen molar-refractivity contribution in [3.05, 3.63) is 46.9 Å². The van der Waals surface area contributed by atoms with Crippen molar-refractivity contribution in [3.8, 4) is 11.3 Å². The molecule has 1 aromatic heterocycles. The fraction of sp³-hybridized carbons (Fsp3) is 0.412. The summed E-state index contributed by atoms with van der Waals surface area (Å²) in [5, 5.41) is 0. The highest BCUT2D eigenvalue weighted by atomic mass is 14.9. The molecule has 1 saturated carbocycles. The van der Waals surface area contributed by atoms with Gasteiger partial charge in [-0.15, -0.1) is 0 Å². The van der Waals surface area contributed by atoms with Crippen LogP contribution in [0.4, 0.5) is 0 Å². The lowest BCUT2D eigenvalue weighted by Crippen LogP contribution is -2.35. The molecule has 20 heavy (non-hydrogen) atoms. The number of aryl methyl sites for hydroxylation is 3. The van der Waals surface area contributed by atoms with Crippen LogP contribution in [-0.2, 0) is 0 Å². The average molecular weight is 267 g/mol. The lowest BCUT2D eigenvalue weighted by molar-refractivity contribution is 0.338. The predicted molar refractivity (Wildman–Crippen MR) is 81.6 cm³/mol.